The van der Waals surface area contributed by atoms with Gasteiger partial charge in [-0.15, -0.1) is 0 Å². The standard InChI is InChI=1S/C4H6N2S.2C2H6/c1-3-4(2)6-7-5-3;2*1-2/h1-2H3;2*1-2H3. The second kappa shape index (κ2) is 9.56. The lowest BCUT2D eigenvalue weighted by molar-refractivity contribution is 1.22. The zero-order valence-electron chi connectivity index (χ0n) is 8.30. The van der Waals surface area contributed by atoms with E-state index in [0.29, 0.717) is 0 Å². The molecule has 1 aromatic rings. The number of aromatic nitrogens is 2. The zero-order valence-corrected chi connectivity index (χ0v) is 9.12. The van der Waals surface area contributed by atoms with Crippen LogP contribution in [-0.4, -0.2) is 8.75 Å². The Morgan fingerprint density at radius 2 is 1.09 bits per heavy atom. The van der Waals surface area contributed by atoms with Gasteiger partial charge < -0.3 is 0 Å². The van der Waals surface area contributed by atoms with Crippen molar-refractivity contribution in [3.8, 4) is 0 Å². The van der Waals surface area contributed by atoms with Crippen molar-refractivity contribution in [2.45, 2.75) is 41.5 Å². The second-order valence-electron chi connectivity index (χ2n) is 1.44. The Morgan fingerprint density at radius 3 is 1.18 bits per heavy atom. The third-order valence-corrected chi connectivity index (χ3v) is 1.59. The van der Waals surface area contributed by atoms with Gasteiger partial charge in [0.05, 0.1) is 23.1 Å². The fraction of sp³-hybridized carbons (Fsp3) is 0.750. The summed E-state index contributed by atoms with van der Waals surface area (Å²) in [4.78, 5) is 0. The normalized spacial score (nSPS) is 7.09. The molecule has 0 bridgehead atoms. The monoisotopic (exact) mass is 174 g/mol. The van der Waals surface area contributed by atoms with Crippen molar-refractivity contribution >= 4 is 11.7 Å². The molecule has 0 spiro atoms. The van der Waals surface area contributed by atoms with Gasteiger partial charge in [0.25, 0.3) is 0 Å². The molecule has 0 N–H and O–H groups in total. The van der Waals surface area contributed by atoms with Crippen molar-refractivity contribution < 1.29 is 0 Å². The molecule has 11 heavy (non-hydrogen) atoms. The molecule has 0 aliphatic heterocycles. The Kier molecular flexibility index (Phi) is 11.4. The average Bonchev–Trinajstić information content (AvgIpc) is 2.44. The molecule has 3 heteroatoms. The van der Waals surface area contributed by atoms with Crippen LogP contribution in [0.1, 0.15) is 39.1 Å². The first-order chi connectivity index (χ1) is 5.30. The molecule has 0 aromatic carbocycles. The van der Waals surface area contributed by atoms with Gasteiger partial charge in [0.1, 0.15) is 0 Å². The topological polar surface area (TPSA) is 25.8 Å². The maximum Gasteiger partial charge on any atom is 0.0741 e. The molecular formula is C8H18N2S. The van der Waals surface area contributed by atoms with Crippen molar-refractivity contribution in [2.24, 2.45) is 0 Å². The minimum absolute atomic E-state index is 1.05. The van der Waals surface area contributed by atoms with E-state index < -0.39 is 0 Å². The highest BCUT2D eigenvalue weighted by Crippen LogP contribution is 1.99. The summed E-state index contributed by atoms with van der Waals surface area (Å²) < 4.78 is 7.89. The summed E-state index contributed by atoms with van der Waals surface area (Å²) in [7, 11) is 0. The van der Waals surface area contributed by atoms with Crippen LogP contribution in [0.15, 0.2) is 0 Å². The first-order valence-electron chi connectivity index (χ1n) is 4.06. The van der Waals surface area contributed by atoms with Crippen LogP contribution in [0.4, 0.5) is 0 Å². The molecular weight excluding hydrogens is 156 g/mol. The molecule has 0 aliphatic carbocycles. The first-order valence-corrected chi connectivity index (χ1v) is 4.79. The molecule has 2 nitrogen and oxygen atoms in total. The smallest absolute Gasteiger partial charge is 0.0741 e. The molecule has 0 saturated carbocycles. The number of aryl methyl sites for hydroxylation is 2. The maximum atomic E-state index is 3.95. The molecule has 1 aromatic heterocycles. The quantitative estimate of drug-likeness (QED) is 0.603. The Balaban J connectivity index is 0. The largest absolute Gasteiger partial charge is 0.178 e. The van der Waals surface area contributed by atoms with Gasteiger partial charge in [-0.05, 0) is 13.8 Å². The maximum absolute atomic E-state index is 3.95. The molecule has 66 valence electrons. The van der Waals surface area contributed by atoms with E-state index in [4.69, 9.17) is 0 Å². The Bertz CT molecular complexity index is 144. The van der Waals surface area contributed by atoms with E-state index in [1.54, 1.807) is 0 Å². The summed E-state index contributed by atoms with van der Waals surface area (Å²) in [6.07, 6.45) is 0. The molecule has 0 atom stereocenters. The summed E-state index contributed by atoms with van der Waals surface area (Å²) in [6, 6.07) is 0. The van der Waals surface area contributed by atoms with E-state index in [9.17, 15) is 0 Å². The zero-order chi connectivity index (χ0) is 9.28. The van der Waals surface area contributed by atoms with Crippen LogP contribution in [0, 0.1) is 13.8 Å². The summed E-state index contributed by atoms with van der Waals surface area (Å²) >= 11 is 1.27. The van der Waals surface area contributed by atoms with Gasteiger partial charge in [0, 0.05) is 0 Å². The van der Waals surface area contributed by atoms with Gasteiger partial charge in [-0.3, -0.25) is 0 Å². The van der Waals surface area contributed by atoms with Gasteiger partial charge in [0.15, 0.2) is 0 Å². The van der Waals surface area contributed by atoms with Gasteiger partial charge >= 0.3 is 0 Å². The van der Waals surface area contributed by atoms with Crippen LogP contribution in [-0.2, 0) is 0 Å². The second-order valence-corrected chi connectivity index (χ2v) is 1.96. The highest BCUT2D eigenvalue weighted by molar-refractivity contribution is 6.99. The number of hydrogen-bond donors (Lipinski definition) is 0. The van der Waals surface area contributed by atoms with E-state index in [1.165, 1.54) is 11.7 Å². The highest BCUT2D eigenvalue weighted by Gasteiger charge is 1.91. The minimum atomic E-state index is 1.05. The molecule has 1 heterocycles. The van der Waals surface area contributed by atoms with Crippen LogP contribution in [0.25, 0.3) is 0 Å². The van der Waals surface area contributed by atoms with Crippen LogP contribution in [0.2, 0.25) is 0 Å². The van der Waals surface area contributed by atoms with Crippen molar-refractivity contribution in [3.05, 3.63) is 11.4 Å². The summed E-state index contributed by atoms with van der Waals surface area (Å²) in [5, 5.41) is 0. The van der Waals surface area contributed by atoms with Crippen LogP contribution in [0.5, 0.6) is 0 Å². The molecule has 1 rings (SSSR count). The molecule has 0 saturated heterocycles. The van der Waals surface area contributed by atoms with Gasteiger partial charge in [-0.2, -0.15) is 8.75 Å². The third-order valence-electron chi connectivity index (χ3n) is 0.879. The number of nitrogens with zero attached hydrogens (tertiary/aromatic N) is 2. The number of rotatable bonds is 0. The van der Waals surface area contributed by atoms with Crippen molar-refractivity contribution in [1.29, 1.82) is 0 Å². The lowest BCUT2D eigenvalue weighted by atomic mass is 10.4. The van der Waals surface area contributed by atoms with Crippen molar-refractivity contribution in [3.63, 3.8) is 0 Å². The summed E-state index contributed by atoms with van der Waals surface area (Å²) in [5.74, 6) is 0. The molecule has 0 amide bonds. The fourth-order valence-electron chi connectivity index (χ4n) is 0.275. The predicted molar refractivity (Wildman–Crippen MR) is 52.1 cm³/mol. The van der Waals surface area contributed by atoms with E-state index in [0.717, 1.165) is 11.4 Å². The minimum Gasteiger partial charge on any atom is -0.178 e. The van der Waals surface area contributed by atoms with Gasteiger partial charge in [0.2, 0.25) is 0 Å². The fourth-order valence-corrected chi connectivity index (χ4v) is 0.825. The van der Waals surface area contributed by atoms with Crippen LogP contribution in [0.3, 0.4) is 0 Å². The summed E-state index contributed by atoms with van der Waals surface area (Å²) in [5.41, 5.74) is 2.09. The molecule has 0 fully saturated rings. The van der Waals surface area contributed by atoms with Crippen LogP contribution >= 0.6 is 11.7 Å². The third kappa shape index (κ3) is 5.98. The number of hydrogen-bond acceptors (Lipinski definition) is 3. The van der Waals surface area contributed by atoms with E-state index in [2.05, 4.69) is 8.75 Å². The van der Waals surface area contributed by atoms with Gasteiger partial charge in [-0.1, -0.05) is 27.7 Å². The predicted octanol–water partition coefficient (Wildman–Crippen LogP) is 3.21. The first kappa shape index (κ1) is 13.2. The van der Waals surface area contributed by atoms with Crippen LogP contribution < -0.4 is 0 Å². The van der Waals surface area contributed by atoms with Gasteiger partial charge in [-0.25, -0.2) is 0 Å². The average molecular weight is 174 g/mol. The molecule has 0 unspecified atom stereocenters. The Hall–Kier alpha value is -0.440. The summed E-state index contributed by atoms with van der Waals surface area (Å²) in [6.45, 7) is 11.9. The van der Waals surface area contributed by atoms with E-state index in [-0.39, 0.29) is 0 Å². The molecule has 0 radical (unpaired) electrons. The van der Waals surface area contributed by atoms with E-state index >= 15 is 0 Å². The van der Waals surface area contributed by atoms with Crippen molar-refractivity contribution in [1.82, 2.24) is 8.75 Å². The Morgan fingerprint density at radius 1 is 0.818 bits per heavy atom. The van der Waals surface area contributed by atoms with E-state index in [1.807, 2.05) is 41.5 Å². The Labute approximate surface area is 74.0 Å². The SMILES string of the molecule is CC.CC.Cc1nsnc1C. The lowest BCUT2D eigenvalue weighted by Crippen LogP contribution is -1.71. The lowest BCUT2D eigenvalue weighted by Gasteiger charge is -1.75. The van der Waals surface area contributed by atoms with Crippen molar-refractivity contribution in [2.75, 3.05) is 0 Å². The molecule has 0 aliphatic rings. The highest BCUT2D eigenvalue weighted by atomic mass is 32.1.